The van der Waals surface area contributed by atoms with Gasteiger partial charge in [-0.15, -0.1) is 25.3 Å². The second-order valence-electron chi connectivity index (χ2n) is 4.70. The number of rotatable bonds is 1. The van der Waals surface area contributed by atoms with E-state index < -0.39 is 0 Å². The van der Waals surface area contributed by atoms with Crippen LogP contribution < -0.4 is 4.90 Å². The van der Waals surface area contributed by atoms with Crippen LogP contribution in [0, 0.1) is 0 Å². The van der Waals surface area contributed by atoms with E-state index in [4.69, 9.17) is 30.2 Å². The van der Waals surface area contributed by atoms with Gasteiger partial charge in [-0.2, -0.15) is 0 Å². The molecule has 18 heavy (non-hydrogen) atoms. The first kappa shape index (κ1) is 12.6. The maximum atomic E-state index is 4.73. The molecule has 1 aromatic carbocycles. The summed E-state index contributed by atoms with van der Waals surface area (Å²) < 4.78 is 0.860. The Bertz CT molecular complexity index is 517. The van der Waals surface area contributed by atoms with E-state index in [2.05, 4.69) is 23.1 Å². The van der Waals surface area contributed by atoms with Gasteiger partial charge in [-0.25, -0.2) is 4.98 Å². The number of thiazole rings is 1. The minimum Gasteiger partial charge on any atom is -0.325 e. The van der Waals surface area contributed by atoms with E-state index >= 15 is 0 Å². The molecule has 0 atom stereocenters. The van der Waals surface area contributed by atoms with Gasteiger partial charge < -0.3 is 4.90 Å². The van der Waals surface area contributed by atoms with E-state index in [1.54, 1.807) is 11.3 Å². The number of hydrogen-bond acceptors (Lipinski definition) is 5. The number of anilines is 1. The highest BCUT2D eigenvalue weighted by molar-refractivity contribution is 8.00. The van der Waals surface area contributed by atoms with Crippen LogP contribution in [0.15, 0.2) is 24.3 Å². The maximum absolute atomic E-state index is 4.73. The fourth-order valence-electron chi connectivity index (χ4n) is 2.35. The minimum atomic E-state index is -0.371. The van der Waals surface area contributed by atoms with Crippen LogP contribution in [0.3, 0.4) is 0 Å². The Morgan fingerprint density at radius 3 is 2.83 bits per heavy atom. The van der Waals surface area contributed by atoms with Crippen LogP contribution in [0.1, 0.15) is 25.7 Å². The first-order valence-corrected chi connectivity index (χ1v) is 7.96. The number of aromatic nitrogens is 1. The van der Waals surface area contributed by atoms with Gasteiger partial charge in [-0.05, 0) is 31.4 Å². The molecule has 0 bridgehead atoms. The Balaban J connectivity index is 2.01. The first-order valence-electron chi connectivity index (χ1n) is 6.25. The highest BCUT2D eigenvalue weighted by atomic mass is 32.2. The zero-order valence-corrected chi connectivity index (χ0v) is 12.6. The monoisotopic (exact) mass is 296 g/mol. The number of nitrogens with zero attached hydrogens (tertiary/aromatic N) is 2. The molecule has 1 aromatic heterocycles. The predicted molar refractivity (Wildman–Crippen MR) is 86.1 cm³/mol. The van der Waals surface area contributed by atoms with Crippen molar-refractivity contribution in [2.24, 2.45) is 0 Å². The Labute approximate surface area is 122 Å². The molecule has 1 saturated heterocycles. The molecule has 2 aromatic rings. The second kappa shape index (κ2) is 4.94. The summed E-state index contributed by atoms with van der Waals surface area (Å²) in [6, 6.07) is 8.27. The van der Waals surface area contributed by atoms with Gasteiger partial charge >= 0.3 is 0 Å². The van der Waals surface area contributed by atoms with Crippen molar-refractivity contribution < 1.29 is 0 Å². The molecule has 0 spiro atoms. The zero-order valence-electron chi connectivity index (χ0n) is 10.0. The van der Waals surface area contributed by atoms with Gasteiger partial charge in [-0.1, -0.05) is 29.9 Å². The molecule has 5 heteroatoms. The molecule has 1 fully saturated rings. The third kappa shape index (κ3) is 2.36. The number of para-hydroxylation sites is 1. The summed E-state index contributed by atoms with van der Waals surface area (Å²) >= 11 is 11.2. The molecule has 1 aliphatic heterocycles. The summed E-state index contributed by atoms with van der Waals surface area (Å²) in [6.45, 7) is 0.993. The van der Waals surface area contributed by atoms with Gasteiger partial charge in [0.1, 0.15) is 4.20 Å². The molecular weight excluding hydrogens is 280 g/mol. The minimum absolute atomic E-state index is 0.371. The van der Waals surface area contributed by atoms with Crippen LogP contribution in [0.4, 0.5) is 5.13 Å². The van der Waals surface area contributed by atoms with Crippen LogP contribution in [-0.4, -0.2) is 15.7 Å². The van der Waals surface area contributed by atoms with Crippen molar-refractivity contribution in [3.8, 4) is 0 Å². The summed E-state index contributed by atoms with van der Waals surface area (Å²) in [6.07, 6.45) is 4.63. The van der Waals surface area contributed by atoms with Gasteiger partial charge in [0.25, 0.3) is 0 Å². The SMILES string of the molecule is SC1(S)CCCCCN1c1nc2ccccc2s1. The lowest BCUT2D eigenvalue weighted by Crippen LogP contribution is -2.39. The molecule has 2 heterocycles. The third-order valence-electron chi connectivity index (χ3n) is 3.34. The average molecular weight is 296 g/mol. The van der Waals surface area contributed by atoms with Crippen molar-refractivity contribution in [3.63, 3.8) is 0 Å². The van der Waals surface area contributed by atoms with Gasteiger partial charge in [0.05, 0.1) is 10.2 Å². The summed E-state index contributed by atoms with van der Waals surface area (Å²) in [5, 5.41) is 1.04. The van der Waals surface area contributed by atoms with Crippen molar-refractivity contribution in [3.05, 3.63) is 24.3 Å². The molecule has 3 rings (SSSR count). The van der Waals surface area contributed by atoms with Gasteiger partial charge in [0, 0.05) is 6.54 Å². The highest BCUT2D eigenvalue weighted by Gasteiger charge is 2.32. The summed E-state index contributed by atoms with van der Waals surface area (Å²) in [5.74, 6) is 0. The van der Waals surface area contributed by atoms with Crippen molar-refractivity contribution in [1.82, 2.24) is 4.98 Å². The van der Waals surface area contributed by atoms with Crippen LogP contribution >= 0.6 is 36.6 Å². The molecule has 96 valence electrons. The van der Waals surface area contributed by atoms with Gasteiger partial charge in [0.2, 0.25) is 0 Å². The quantitative estimate of drug-likeness (QED) is 0.606. The van der Waals surface area contributed by atoms with E-state index in [1.165, 1.54) is 24.0 Å². The molecule has 0 N–H and O–H groups in total. The molecule has 0 aliphatic carbocycles. The number of benzene rings is 1. The average Bonchev–Trinajstić information content (AvgIpc) is 2.67. The maximum Gasteiger partial charge on any atom is 0.188 e. The van der Waals surface area contributed by atoms with Crippen molar-refractivity contribution in [1.29, 1.82) is 0 Å². The molecular formula is C13H16N2S3. The van der Waals surface area contributed by atoms with Crippen molar-refractivity contribution in [2.75, 3.05) is 11.4 Å². The summed E-state index contributed by atoms with van der Waals surface area (Å²) in [4.78, 5) is 6.97. The van der Waals surface area contributed by atoms with Gasteiger partial charge in [-0.3, -0.25) is 0 Å². The van der Waals surface area contributed by atoms with Gasteiger partial charge in [0.15, 0.2) is 5.13 Å². The Hall–Kier alpha value is -0.390. The summed E-state index contributed by atoms with van der Waals surface area (Å²) in [5.41, 5.74) is 1.07. The lowest BCUT2D eigenvalue weighted by Gasteiger charge is -2.34. The predicted octanol–water partition coefficient (Wildman–Crippen LogP) is 4.19. The largest absolute Gasteiger partial charge is 0.325 e. The van der Waals surface area contributed by atoms with E-state index in [0.29, 0.717) is 0 Å². The zero-order chi connectivity index (χ0) is 12.6. The molecule has 0 unspecified atom stereocenters. The van der Waals surface area contributed by atoms with E-state index in [0.717, 1.165) is 23.6 Å². The van der Waals surface area contributed by atoms with Crippen LogP contribution in [0.25, 0.3) is 10.2 Å². The fraction of sp³-hybridized carbons (Fsp3) is 0.462. The van der Waals surface area contributed by atoms with Crippen molar-refractivity contribution >= 4 is 51.9 Å². The Morgan fingerprint density at radius 1 is 1.17 bits per heavy atom. The van der Waals surface area contributed by atoms with E-state index in [9.17, 15) is 0 Å². The van der Waals surface area contributed by atoms with Crippen LogP contribution in [0.5, 0.6) is 0 Å². The normalized spacial score (nSPS) is 20.0. The summed E-state index contributed by atoms with van der Waals surface area (Å²) in [7, 11) is 0. The molecule has 2 nitrogen and oxygen atoms in total. The first-order chi connectivity index (χ1) is 8.67. The smallest absolute Gasteiger partial charge is 0.188 e. The fourth-order valence-corrected chi connectivity index (χ4v) is 4.25. The van der Waals surface area contributed by atoms with Crippen molar-refractivity contribution in [2.45, 2.75) is 29.9 Å². The number of hydrogen-bond donors (Lipinski definition) is 2. The lowest BCUT2D eigenvalue weighted by atomic mass is 10.2. The Morgan fingerprint density at radius 2 is 2.00 bits per heavy atom. The molecule has 1 aliphatic rings. The third-order valence-corrected chi connectivity index (χ3v) is 5.33. The van der Waals surface area contributed by atoms with Crippen LogP contribution in [-0.2, 0) is 0 Å². The molecule has 0 radical (unpaired) electrons. The van der Waals surface area contributed by atoms with E-state index in [-0.39, 0.29) is 4.20 Å². The number of thiol groups is 2. The lowest BCUT2D eigenvalue weighted by molar-refractivity contribution is 0.685. The van der Waals surface area contributed by atoms with E-state index in [1.807, 2.05) is 6.07 Å². The molecule has 0 saturated carbocycles. The van der Waals surface area contributed by atoms with Crippen LogP contribution in [0.2, 0.25) is 0 Å². The second-order valence-corrected chi connectivity index (χ2v) is 7.54. The topological polar surface area (TPSA) is 16.1 Å². The Kier molecular flexibility index (Phi) is 3.47. The number of fused-ring (bicyclic) bond motifs is 1. The molecule has 0 amide bonds. The highest BCUT2D eigenvalue weighted by Crippen LogP contribution is 2.40. The standard InChI is InChI=1S/C13H16N2S3/c16-13(17)8-4-1-5-9-15(13)12-14-10-6-2-3-7-11(10)18-12/h2-3,6-7,16-17H,1,4-5,8-9H2.